The summed E-state index contributed by atoms with van der Waals surface area (Å²) in [7, 11) is 0. The molecule has 0 aromatic carbocycles. The van der Waals surface area contributed by atoms with Crippen LogP contribution in [0.5, 0.6) is 0 Å². The third kappa shape index (κ3) is 27.0. The fourth-order valence-corrected chi connectivity index (χ4v) is 2.26. The van der Waals surface area contributed by atoms with Crippen LogP contribution in [-0.2, 0) is 14.4 Å². The molecule has 2 N–H and O–H groups in total. The second kappa shape index (κ2) is 22.1. The van der Waals surface area contributed by atoms with Crippen LogP contribution in [-0.4, -0.2) is 36.6 Å². The Balaban J connectivity index is -0.000000767. The monoisotopic (exact) mass is 400 g/mol. The van der Waals surface area contributed by atoms with Crippen molar-refractivity contribution in [1.82, 2.24) is 10.6 Å². The zero-order valence-corrected chi connectivity index (χ0v) is 20.1. The van der Waals surface area contributed by atoms with Gasteiger partial charge in [-0.2, -0.15) is 0 Å². The number of hydrogen-bond donors (Lipinski definition) is 2. The van der Waals surface area contributed by atoms with E-state index >= 15 is 0 Å². The smallest absolute Gasteiger partial charge is 0.220 e. The van der Waals surface area contributed by atoms with Crippen molar-refractivity contribution in [3.63, 3.8) is 0 Å². The van der Waals surface area contributed by atoms with Gasteiger partial charge in [0.2, 0.25) is 5.91 Å². The van der Waals surface area contributed by atoms with Gasteiger partial charge in [0.15, 0.2) is 0 Å². The van der Waals surface area contributed by atoms with Gasteiger partial charge in [-0.3, -0.25) is 9.59 Å². The average molecular weight is 401 g/mol. The zero-order valence-electron chi connectivity index (χ0n) is 20.1. The summed E-state index contributed by atoms with van der Waals surface area (Å²) >= 11 is 0. The summed E-state index contributed by atoms with van der Waals surface area (Å²) in [6.45, 7) is 18.8. The lowest BCUT2D eigenvalue weighted by Crippen LogP contribution is -2.32. The summed E-state index contributed by atoms with van der Waals surface area (Å²) in [6, 6.07) is 1.05. The predicted octanol–water partition coefficient (Wildman–Crippen LogP) is 4.92. The number of Topliss-reactive ketones (excluding diaryl/α,β-unsaturated/α-hetero) is 1. The third-order valence-electron chi connectivity index (χ3n) is 3.75. The highest BCUT2D eigenvalue weighted by Gasteiger charge is 2.08. The standard InChI is InChI=1S/C17H34N2O2.C4H8O.C2H6/c1-13(2)16(20)10-8-11-17(21)18-12-7-6-9-15(5)19-14(3)4;1-4(2)3-5;1-2/h13-15,19H,6-12H2,1-5H3,(H,18,21);3-4H,1-2H3;1-2H3. The van der Waals surface area contributed by atoms with Gasteiger partial charge < -0.3 is 15.4 Å². The van der Waals surface area contributed by atoms with Gasteiger partial charge in [-0.1, -0.05) is 61.8 Å². The average Bonchev–Trinajstić information content (AvgIpc) is 2.62. The number of ketones is 1. The normalized spacial score (nSPS) is 11.3. The minimum atomic E-state index is 0.0694. The summed E-state index contributed by atoms with van der Waals surface area (Å²) < 4.78 is 0. The first-order chi connectivity index (χ1) is 13.1. The van der Waals surface area contributed by atoms with Crippen molar-refractivity contribution < 1.29 is 14.4 Å². The van der Waals surface area contributed by atoms with Crippen molar-refractivity contribution in [2.24, 2.45) is 11.8 Å². The van der Waals surface area contributed by atoms with Gasteiger partial charge in [-0.25, -0.2) is 0 Å². The largest absolute Gasteiger partial charge is 0.356 e. The number of carbonyl (C=O) groups excluding carboxylic acids is 3. The highest BCUT2D eigenvalue weighted by Crippen LogP contribution is 2.04. The second-order valence-corrected chi connectivity index (χ2v) is 7.92. The first kappa shape index (κ1) is 31.5. The molecule has 5 heteroatoms. The van der Waals surface area contributed by atoms with Crippen molar-refractivity contribution in [1.29, 1.82) is 0 Å². The van der Waals surface area contributed by atoms with Gasteiger partial charge in [0.05, 0.1) is 0 Å². The van der Waals surface area contributed by atoms with Crippen LogP contribution in [0.2, 0.25) is 0 Å². The molecular formula is C23H48N2O3. The summed E-state index contributed by atoms with van der Waals surface area (Å²) in [5, 5.41) is 6.40. The van der Waals surface area contributed by atoms with E-state index in [1.807, 2.05) is 41.5 Å². The first-order valence-corrected chi connectivity index (χ1v) is 11.1. The Labute approximate surface area is 174 Å². The fourth-order valence-electron chi connectivity index (χ4n) is 2.26. The zero-order chi connectivity index (χ0) is 22.5. The van der Waals surface area contributed by atoms with E-state index in [-0.39, 0.29) is 23.5 Å². The minimum Gasteiger partial charge on any atom is -0.356 e. The number of unbranched alkanes of at least 4 members (excludes halogenated alkanes) is 1. The van der Waals surface area contributed by atoms with Crippen molar-refractivity contribution in [2.45, 2.75) is 113 Å². The van der Waals surface area contributed by atoms with Gasteiger partial charge >= 0.3 is 0 Å². The molecule has 0 aliphatic heterocycles. The molecule has 1 amide bonds. The molecule has 1 atom stereocenters. The summed E-state index contributed by atoms with van der Waals surface area (Å²) in [5.41, 5.74) is 0. The molecule has 0 saturated heterocycles. The lowest BCUT2D eigenvalue weighted by atomic mass is 10.0. The summed E-state index contributed by atoms with van der Waals surface area (Å²) in [6.07, 6.45) is 5.83. The summed E-state index contributed by atoms with van der Waals surface area (Å²) in [5.74, 6) is 0.596. The Morgan fingerprint density at radius 3 is 1.82 bits per heavy atom. The first-order valence-electron chi connectivity index (χ1n) is 11.1. The molecule has 0 spiro atoms. The van der Waals surface area contributed by atoms with Crippen LogP contribution in [0.3, 0.4) is 0 Å². The molecule has 0 bridgehead atoms. The number of rotatable bonds is 13. The molecule has 0 aliphatic carbocycles. The van der Waals surface area contributed by atoms with Crippen molar-refractivity contribution in [3.8, 4) is 0 Å². The van der Waals surface area contributed by atoms with E-state index in [1.165, 1.54) is 0 Å². The number of hydrogen-bond acceptors (Lipinski definition) is 4. The topological polar surface area (TPSA) is 75.3 Å². The van der Waals surface area contributed by atoms with Gasteiger partial charge in [0, 0.05) is 43.3 Å². The van der Waals surface area contributed by atoms with Crippen LogP contribution in [0.25, 0.3) is 0 Å². The fraction of sp³-hybridized carbons (Fsp3) is 0.870. The van der Waals surface area contributed by atoms with E-state index in [4.69, 9.17) is 0 Å². The highest BCUT2D eigenvalue weighted by atomic mass is 16.1. The molecule has 0 radical (unpaired) electrons. The Morgan fingerprint density at radius 1 is 0.857 bits per heavy atom. The molecule has 0 rings (SSSR count). The Hall–Kier alpha value is -1.23. The highest BCUT2D eigenvalue weighted by molar-refractivity contribution is 5.81. The van der Waals surface area contributed by atoms with Crippen LogP contribution in [0, 0.1) is 11.8 Å². The van der Waals surface area contributed by atoms with E-state index in [0.717, 1.165) is 32.1 Å². The molecule has 0 fully saturated rings. The third-order valence-corrected chi connectivity index (χ3v) is 3.75. The maximum Gasteiger partial charge on any atom is 0.220 e. The molecule has 28 heavy (non-hydrogen) atoms. The van der Waals surface area contributed by atoms with Crippen LogP contribution in [0.4, 0.5) is 0 Å². The molecule has 168 valence electrons. The molecule has 0 saturated carbocycles. The number of carbonyl (C=O) groups is 3. The number of nitrogens with one attached hydrogen (secondary N) is 2. The maximum atomic E-state index is 11.6. The molecule has 1 unspecified atom stereocenters. The van der Waals surface area contributed by atoms with Crippen LogP contribution >= 0.6 is 0 Å². The Kier molecular flexibility index (Phi) is 24.8. The lowest BCUT2D eigenvalue weighted by Gasteiger charge is -2.16. The second-order valence-electron chi connectivity index (χ2n) is 7.92. The molecular weight excluding hydrogens is 352 g/mol. The van der Waals surface area contributed by atoms with E-state index in [0.29, 0.717) is 31.3 Å². The van der Waals surface area contributed by atoms with Crippen molar-refractivity contribution in [2.75, 3.05) is 6.54 Å². The maximum absolute atomic E-state index is 11.6. The van der Waals surface area contributed by atoms with Crippen molar-refractivity contribution >= 4 is 18.0 Å². The minimum absolute atomic E-state index is 0.0694. The summed E-state index contributed by atoms with van der Waals surface area (Å²) in [4.78, 5) is 32.5. The van der Waals surface area contributed by atoms with Gasteiger partial charge in [0.1, 0.15) is 12.1 Å². The van der Waals surface area contributed by atoms with Gasteiger partial charge in [-0.15, -0.1) is 0 Å². The number of aldehydes is 1. The quantitative estimate of drug-likeness (QED) is 0.340. The lowest BCUT2D eigenvalue weighted by molar-refractivity contribution is -0.123. The Morgan fingerprint density at radius 2 is 1.39 bits per heavy atom. The van der Waals surface area contributed by atoms with E-state index in [2.05, 4.69) is 31.4 Å². The molecule has 0 aromatic heterocycles. The Bertz CT molecular complexity index is 380. The van der Waals surface area contributed by atoms with Crippen LogP contribution < -0.4 is 10.6 Å². The number of amides is 1. The SMILES string of the molecule is CC.CC(C)C=O.CC(C)NC(C)CCCCNC(=O)CCCC(=O)C(C)C. The molecule has 0 heterocycles. The van der Waals surface area contributed by atoms with Crippen LogP contribution in [0.15, 0.2) is 0 Å². The molecule has 0 aromatic rings. The van der Waals surface area contributed by atoms with Gasteiger partial charge in [0.25, 0.3) is 0 Å². The van der Waals surface area contributed by atoms with Crippen molar-refractivity contribution in [3.05, 3.63) is 0 Å². The van der Waals surface area contributed by atoms with E-state index < -0.39 is 0 Å². The predicted molar refractivity (Wildman–Crippen MR) is 121 cm³/mol. The van der Waals surface area contributed by atoms with Gasteiger partial charge in [-0.05, 0) is 26.2 Å². The molecule has 5 nitrogen and oxygen atoms in total. The van der Waals surface area contributed by atoms with E-state index in [1.54, 1.807) is 0 Å². The van der Waals surface area contributed by atoms with E-state index in [9.17, 15) is 14.4 Å². The molecule has 0 aliphatic rings. The van der Waals surface area contributed by atoms with Crippen LogP contribution in [0.1, 0.15) is 101 Å².